The minimum Gasteiger partial charge on any atom is -0.507 e. The van der Waals surface area contributed by atoms with E-state index in [-0.39, 0.29) is 16.7 Å². The zero-order chi connectivity index (χ0) is 19.6. The van der Waals surface area contributed by atoms with Gasteiger partial charge in [-0.1, -0.05) is 45.0 Å². The summed E-state index contributed by atoms with van der Waals surface area (Å²) in [5.41, 5.74) is 3.12. The van der Waals surface area contributed by atoms with Crippen LogP contribution in [0.2, 0.25) is 0 Å². The molecule has 2 nitrogen and oxygen atoms in total. The van der Waals surface area contributed by atoms with E-state index in [9.17, 15) is 13.9 Å². The van der Waals surface area contributed by atoms with Crippen LogP contribution in [0.4, 0.5) is 14.5 Å². The van der Waals surface area contributed by atoms with Gasteiger partial charge in [0.2, 0.25) is 0 Å². The lowest BCUT2D eigenvalue weighted by Gasteiger charge is -2.18. The second-order valence-electron chi connectivity index (χ2n) is 7.46. The van der Waals surface area contributed by atoms with Gasteiger partial charge in [0.25, 0.3) is 0 Å². The van der Waals surface area contributed by atoms with Gasteiger partial charge in [-0.25, -0.2) is 8.78 Å². The zero-order valence-corrected chi connectivity index (χ0v) is 15.5. The fourth-order valence-electron chi connectivity index (χ4n) is 2.80. The summed E-state index contributed by atoms with van der Waals surface area (Å²) in [5.74, 6) is -1.46. The van der Waals surface area contributed by atoms with Crippen LogP contribution in [0.3, 0.4) is 0 Å². The molecule has 0 aliphatic heterocycles. The topological polar surface area (TPSA) is 32.6 Å². The lowest BCUT2D eigenvalue weighted by atomic mass is 9.87. The minimum atomic E-state index is -0.692. The van der Waals surface area contributed by atoms with Crippen LogP contribution in [-0.2, 0) is 5.41 Å². The summed E-state index contributed by atoms with van der Waals surface area (Å²) in [7, 11) is 0. The van der Waals surface area contributed by atoms with Crippen molar-refractivity contribution in [3.8, 4) is 16.9 Å². The van der Waals surface area contributed by atoms with E-state index in [1.54, 1.807) is 24.4 Å². The molecule has 27 heavy (non-hydrogen) atoms. The lowest BCUT2D eigenvalue weighted by molar-refractivity contribution is 0.476. The van der Waals surface area contributed by atoms with E-state index in [1.165, 1.54) is 17.7 Å². The van der Waals surface area contributed by atoms with Crippen LogP contribution < -0.4 is 0 Å². The number of nitrogens with zero attached hydrogens (tertiary/aromatic N) is 1. The third-order valence-electron chi connectivity index (χ3n) is 4.33. The van der Waals surface area contributed by atoms with Crippen molar-refractivity contribution >= 4 is 11.9 Å². The molecule has 0 atom stereocenters. The van der Waals surface area contributed by atoms with Crippen molar-refractivity contribution in [2.45, 2.75) is 26.2 Å². The predicted molar refractivity (Wildman–Crippen MR) is 106 cm³/mol. The van der Waals surface area contributed by atoms with Crippen molar-refractivity contribution in [1.82, 2.24) is 0 Å². The Bertz CT molecular complexity index is 966. The van der Waals surface area contributed by atoms with Gasteiger partial charge in [-0.05, 0) is 46.9 Å². The van der Waals surface area contributed by atoms with E-state index in [2.05, 4.69) is 25.8 Å². The molecule has 0 aromatic heterocycles. The summed E-state index contributed by atoms with van der Waals surface area (Å²) in [5, 5.41) is 10.5. The highest BCUT2D eigenvalue weighted by atomic mass is 19.1. The average molecular weight is 365 g/mol. The summed E-state index contributed by atoms with van der Waals surface area (Å²) in [4.78, 5) is 4.40. The fraction of sp³-hybridized carbons (Fsp3) is 0.174. The average Bonchev–Trinajstić information content (AvgIpc) is 2.59. The van der Waals surface area contributed by atoms with Gasteiger partial charge in [0, 0.05) is 23.4 Å². The number of hydrogen-bond acceptors (Lipinski definition) is 2. The number of phenolic OH excluding ortho intramolecular Hbond substituents is 1. The summed E-state index contributed by atoms with van der Waals surface area (Å²) < 4.78 is 27.0. The quantitative estimate of drug-likeness (QED) is 0.536. The Labute approximate surface area is 157 Å². The fourth-order valence-corrected chi connectivity index (χ4v) is 2.80. The molecule has 0 radical (unpaired) electrons. The molecule has 0 bridgehead atoms. The molecule has 0 spiro atoms. The van der Waals surface area contributed by atoms with Gasteiger partial charge in [0.1, 0.15) is 17.4 Å². The number of aliphatic imine (C=N–C) groups is 1. The molecule has 0 saturated carbocycles. The molecular weight excluding hydrogens is 344 g/mol. The molecule has 0 aliphatic rings. The predicted octanol–water partition coefficient (Wildman–Crippen LogP) is 6.39. The SMILES string of the molecule is CC(C)(C)c1ccc(N=Cc2cccc(-c3cc(F)cc(F)c3)c2O)cc1. The first kappa shape index (κ1) is 18.8. The van der Waals surface area contributed by atoms with Crippen molar-refractivity contribution in [1.29, 1.82) is 0 Å². The number of para-hydroxylation sites is 1. The van der Waals surface area contributed by atoms with Gasteiger partial charge in [-0.2, -0.15) is 0 Å². The first-order valence-corrected chi connectivity index (χ1v) is 8.67. The van der Waals surface area contributed by atoms with Gasteiger partial charge >= 0.3 is 0 Å². The third-order valence-corrected chi connectivity index (χ3v) is 4.33. The van der Waals surface area contributed by atoms with E-state index >= 15 is 0 Å². The van der Waals surface area contributed by atoms with Crippen LogP contribution in [0.25, 0.3) is 11.1 Å². The molecule has 3 aromatic carbocycles. The molecule has 0 aliphatic carbocycles. The monoisotopic (exact) mass is 365 g/mol. The number of benzene rings is 3. The number of halogens is 2. The largest absolute Gasteiger partial charge is 0.507 e. The second kappa shape index (κ2) is 7.31. The Balaban J connectivity index is 1.91. The number of aromatic hydroxyl groups is 1. The molecule has 3 aromatic rings. The number of hydrogen-bond donors (Lipinski definition) is 1. The van der Waals surface area contributed by atoms with Gasteiger partial charge in [0.15, 0.2) is 0 Å². The standard InChI is InChI=1S/C23H21F2NO/c1-23(2,3)17-7-9-20(10-8-17)26-14-15-5-4-6-21(22(15)27)16-11-18(24)13-19(25)12-16/h4-14,27H,1-3H3. The molecule has 4 heteroatoms. The maximum absolute atomic E-state index is 13.5. The number of phenols is 1. The van der Waals surface area contributed by atoms with Crippen LogP contribution >= 0.6 is 0 Å². The van der Waals surface area contributed by atoms with E-state index in [0.717, 1.165) is 11.8 Å². The van der Waals surface area contributed by atoms with Crippen molar-refractivity contribution in [2.75, 3.05) is 0 Å². The smallest absolute Gasteiger partial charge is 0.132 e. The highest BCUT2D eigenvalue weighted by Crippen LogP contribution is 2.32. The van der Waals surface area contributed by atoms with Gasteiger partial charge in [-0.3, -0.25) is 4.99 Å². The summed E-state index contributed by atoms with van der Waals surface area (Å²) in [6.07, 6.45) is 1.54. The normalized spacial score (nSPS) is 11.9. The van der Waals surface area contributed by atoms with Crippen molar-refractivity contribution in [2.24, 2.45) is 4.99 Å². The first-order chi connectivity index (χ1) is 12.7. The Morgan fingerprint density at radius 3 is 2.11 bits per heavy atom. The maximum Gasteiger partial charge on any atom is 0.132 e. The Morgan fingerprint density at radius 1 is 0.889 bits per heavy atom. The lowest BCUT2D eigenvalue weighted by Crippen LogP contribution is -2.10. The van der Waals surface area contributed by atoms with Crippen LogP contribution in [0.5, 0.6) is 5.75 Å². The first-order valence-electron chi connectivity index (χ1n) is 8.67. The van der Waals surface area contributed by atoms with Crippen LogP contribution in [-0.4, -0.2) is 11.3 Å². The van der Waals surface area contributed by atoms with E-state index in [1.807, 2.05) is 24.3 Å². The Kier molecular flexibility index (Phi) is 5.08. The van der Waals surface area contributed by atoms with Gasteiger partial charge in [-0.15, -0.1) is 0 Å². The third kappa shape index (κ3) is 4.40. The maximum atomic E-state index is 13.5. The molecule has 1 N–H and O–H groups in total. The molecule has 0 fully saturated rings. The van der Waals surface area contributed by atoms with Crippen LogP contribution in [0, 0.1) is 11.6 Å². The van der Waals surface area contributed by atoms with E-state index in [0.29, 0.717) is 11.1 Å². The highest BCUT2D eigenvalue weighted by Gasteiger charge is 2.13. The van der Waals surface area contributed by atoms with Gasteiger partial charge in [0.05, 0.1) is 5.69 Å². The summed E-state index contributed by atoms with van der Waals surface area (Å²) in [6, 6.07) is 16.1. The Hall–Kier alpha value is -3.01. The van der Waals surface area contributed by atoms with Crippen molar-refractivity contribution in [3.05, 3.63) is 83.4 Å². The second-order valence-corrected chi connectivity index (χ2v) is 7.46. The van der Waals surface area contributed by atoms with E-state index < -0.39 is 11.6 Å². The minimum absolute atomic E-state index is 0.0646. The molecule has 0 heterocycles. The van der Waals surface area contributed by atoms with Gasteiger partial charge < -0.3 is 5.11 Å². The highest BCUT2D eigenvalue weighted by molar-refractivity contribution is 5.89. The van der Waals surface area contributed by atoms with E-state index in [4.69, 9.17) is 0 Å². The van der Waals surface area contributed by atoms with Crippen molar-refractivity contribution in [3.63, 3.8) is 0 Å². The molecule has 138 valence electrons. The Morgan fingerprint density at radius 2 is 1.52 bits per heavy atom. The van der Waals surface area contributed by atoms with Crippen molar-refractivity contribution < 1.29 is 13.9 Å². The molecule has 0 unspecified atom stereocenters. The molecule has 0 amide bonds. The molecule has 0 saturated heterocycles. The molecule has 3 rings (SSSR count). The van der Waals surface area contributed by atoms with Crippen LogP contribution in [0.15, 0.2) is 65.7 Å². The summed E-state index contributed by atoms with van der Waals surface area (Å²) >= 11 is 0. The number of rotatable bonds is 3. The zero-order valence-electron chi connectivity index (χ0n) is 15.5. The molecular formula is C23H21F2NO. The van der Waals surface area contributed by atoms with Crippen LogP contribution in [0.1, 0.15) is 31.9 Å². The summed E-state index contributed by atoms with van der Waals surface area (Å²) in [6.45, 7) is 6.43.